The van der Waals surface area contributed by atoms with E-state index < -0.39 is 4.92 Å². The van der Waals surface area contributed by atoms with E-state index in [9.17, 15) is 10.1 Å². The summed E-state index contributed by atoms with van der Waals surface area (Å²) in [5.74, 6) is 0.715. The van der Waals surface area contributed by atoms with Crippen molar-refractivity contribution in [2.75, 3.05) is 13.0 Å². The van der Waals surface area contributed by atoms with Gasteiger partial charge in [0.2, 0.25) is 0 Å². The lowest BCUT2D eigenvalue weighted by atomic mass is 10.2. The van der Waals surface area contributed by atoms with Crippen LogP contribution in [0, 0.1) is 10.1 Å². The number of nitrogens with zero attached hydrogens (tertiary/aromatic N) is 4. The lowest BCUT2D eigenvalue weighted by Crippen LogP contribution is -2.02. The number of nitro benzene ring substituents is 1. The van der Waals surface area contributed by atoms with Gasteiger partial charge in [-0.25, -0.2) is 4.68 Å². The van der Waals surface area contributed by atoms with Gasteiger partial charge in [0, 0.05) is 24.6 Å². The number of aryl methyl sites for hydroxylation is 1. The molecule has 7 nitrogen and oxygen atoms in total. The molecule has 2 aromatic rings. The maximum atomic E-state index is 11.0. The maximum Gasteiger partial charge on any atom is 0.311 e. The SMILES string of the molecule is COc1ccc(Cn2cc(CCCl)nn2)cc1[N+](=O)[O-]. The molecule has 0 N–H and O–H groups in total. The topological polar surface area (TPSA) is 83.1 Å². The third-order valence-corrected chi connectivity index (χ3v) is 2.91. The minimum atomic E-state index is -0.470. The molecule has 0 aliphatic carbocycles. The number of aromatic nitrogens is 3. The Bertz CT molecular complexity index is 614. The molecule has 2 rings (SSSR count). The van der Waals surface area contributed by atoms with Gasteiger partial charge >= 0.3 is 5.69 Å². The van der Waals surface area contributed by atoms with Gasteiger partial charge in [-0.1, -0.05) is 11.3 Å². The summed E-state index contributed by atoms with van der Waals surface area (Å²) in [6.45, 7) is 0.403. The zero-order valence-corrected chi connectivity index (χ0v) is 11.6. The van der Waals surface area contributed by atoms with Crippen LogP contribution in [0.4, 0.5) is 5.69 Å². The monoisotopic (exact) mass is 296 g/mol. The number of methoxy groups -OCH3 is 1. The van der Waals surface area contributed by atoms with Crippen LogP contribution in [-0.4, -0.2) is 32.9 Å². The first kappa shape index (κ1) is 14.3. The maximum absolute atomic E-state index is 11.0. The third kappa shape index (κ3) is 3.24. The van der Waals surface area contributed by atoms with E-state index in [1.165, 1.54) is 13.2 Å². The van der Waals surface area contributed by atoms with Crippen LogP contribution in [0.2, 0.25) is 0 Å². The average molecular weight is 297 g/mol. The van der Waals surface area contributed by atoms with Crippen molar-refractivity contribution in [1.82, 2.24) is 15.0 Å². The fourth-order valence-electron chi connectivity index (χ4n) is 1.79. The number of halogens is 1. The molecular formula is C12H13ClN4O3. The summed E-state index contributed by atoms with van der Waals surface area (Å²) in [6.07, 6.45) is 2.42. The summed E-state index contributed by atoms with van der Waals surface area (Å²) < 4.78 is 6.58. The Morgan fingerprint density at radius 2 is 2.30 bits per heavy atom. The van der Waals surface area contributed by atoms with E-state index >= 15 is 0 Å². The Morgan fingerprint density at radius 3 is 2.95 bits per heavy atom. The second-order valence-corrected chi connectivity index (χ2v) is 4.49. The molecule has 0 spiro atoms. The molecule has 8 heteroatoms. The van der Waals surface area contributed by atoms with Crippen LogP contribution < -0.4 is 4.74 Å². The molecule has 1 aromatic carbocycles. The second-order valence-electron chi connectivity index (χ2n) is 4.11. The molecule has 0 saturated heterocycles. The van der Waals surface area contributed by atoms with Crippen LogP contribution in [0.5, 0.6) is 5.75 Å². The standard InChI is InChI=1S/C12H13ClN4O3/c1-20-12-3-2-9(6-11(12)17(18)19)7-16-8-10(4-5-13)14-15-16/h2-3,6,8H,4-5,7H2,1H3. The zero-order chi connectivity index (χ0) is 14.5. The fourth-order valence-corrected chi connectivity index (χ4v) is 1.98. The lowest BCUT2D eigenvalue weighted by Gasteiger charge is -2.04. The lowest BCUT2D eigenvalue weighted by molar-refractivity contribution is -0.385. The van der Waals surface area contributed by atoms with Crippen LogP contribution in [0.1, 0.15) is 11.3 Å². The summed E-state index contributed by atoms with van der Waals surface area (Å²) in [7, 11) is 1.40. The Morgan fingerprint density at radius 1 is 1.50 bits per heavy atom. The Kier molecular flexibility index (Phi) is 4.52. The van der Waals surface area contributed by atoms with Crippen molar-refractivity contribution >= 4 is 17.3 Å². The number of hydrogen-bond donors (Lipinski definition) is 0. The second kappa shape index (κ2) is 6.33. The molecule has 0 radical (unpaired) electrons. The number of rotatable bonds is 6. The first-order valence-corrected chi connectivity index (χ1v) is 6.43. The fraction of sp³-hybridized carbons (Fsp3) is 0.333. The molecule has 20 heavy (non-hydrogen) atoms. The molecule has 106 valence electrons. The van der Waals surface area contributed by atoms with E-state index in [1.54, 1.807) is 23.0 Å². The van der Waals surface area contributed by atoms with Crippen molar-refractivity contribution in [2.45, 2.75) is 13.0 Å². The largest absolute Gasteiger partial charge is 0.490 e. The predicted octanol–water partition coefficient (Wildman–Crippen LogP) is 2.02. The van der Waals surface area contributed by atoms with Gasteiger partial charge in [-0.3, -0.25) is 10.1 Å². The molecule has 0 atom stereocenters. The van der Waals surface area contributed by atoms with Gasteiger partial charge in [0.25, 0.3) is 0 Å². The number of hydrogen-bond acceptors (Lipinski definition) is 5. The molecule has 0 aliphatic heterocycles. The van der Waals surface area contributed by atoms with E-state index in [1.807, 2.05) is 0 Å². The first-order valence-electron chi connectivity index (χ1n) is 5.90. The Labute approximate surface area is 120 Å². The smallest absolute Gasteiger partial charge is 0.311 e. The average Bonchev–Trinajstić information content (AvgIpc) is 2.86. The molecule has 0 fully saturated rings. The predicted molar refractivity (Wildman–Crippen MR) is 73.2 cm³/mol. The molecule has 0 aliphatic rings. The van der Waals surface area contributed by atoms with Gasteiger partial charge in [0.1, 0.15) is 0 Å². The van der Waals surface area contributed by atoms with Crippen molar-refractivity contribution in [1.29, 1.82) is 0 Å². The summed E-state index contributed by atoms with van der Waals surface area (Å²) >= 11 is 5.63. The van der Waals surface area contributed by atoms with Gasteiger partial charge in [0.05, 0.1) is 24.3 Å². The molecule has 0 unspecified atom stereocenters. The van der Waals surface area contributed by atoms with Crippen LogP contribution in [0.3, 0.4) is 0 Å². The van der Waals surface area contributed by atoms with Gasteiger partial charge in [-0.2, -0.15) is 0 Å². The van der Waals surface area contributed by atoms with Crippen molar-refractivity contribution in [3.05, 3.63) is 45.8 Å². The minimum Gasteiger partial charge on any atom is -0.490 e. The van der Waals surface area contributed by atoms with Crippen LogP contribution >= 0.6 is 11.6 Å². The van der Waals surface area contributed by atoms with Crippen molar-refractivity contribution in [3.63, 3.8) is 0 Å². The van der Waals surface area contributed by atoms with Crippen LogP contribution in [0.25, 0.3) is 0 Å². The summed E-state index contributed by atoms with van der Waals surface area (Å²) in [6, 6.07) is 4.81. The Balaban J connectivity index is 2.20. The van der Waals surface area contributed by atoms with Gasteiger partial charge < -0.3 is 4.74 Å². The number of nitro groups is 1. The molecular weight excluding hydrogens is 284 g/mol. The highest BCUT2D eigenvalue weighted by Crippen LogP contribution is 2.27. The quantitative estimate of drug-likeness (QED) is 0.462. The van der Waals surface area contributed by atoms with Crippen LogP contribution in [0.15, 0.2) is 24.4 Å². The molecule has 1 heterocycles. The minimum absolute atomic E-state index is 0.0638. The van der Waals surface area contributed by atoms with E-state index in [4.69, 9.17) is 16.3 Å². The van der Waals surface area contributed by atoms with Crippen LogP contribution in [-0.2, 0) is 13.0 Å². The molecule has 0 saturated carbocycles. The summed E-state index contributed by atoms with van der Waals surface area (Å²) in [4.78, 5) is 10.5. The van der Waals surface area contributed by atoms with Gasteiger partial charge in [0.15, 0.2) is 5.75 Å². The summed E-state index contributed by atoms with van der Waals surface area (Å²) in [5.41, 5.74) is 1.48. The van der Waals surface area contributed by atoms with E-state index in [2.05, 4.69) is 10.3 Å². The first-order chi connectivity index (χ1) is 9.63. The molecule has 0 amide bonds. The highest BCUT2D eigenvalue weighted by atomic mass is 35.5. The van der Waals surface area contributed by atoms with E-state index in [-0.39, 0.29) is 11.4 Å². The van der Waals surface area contributed by atoms with E-state index in [0.717, 1.165) is 11.3 Å². The Hall–Kier alpha value is -2.15. The van der Waals surface area contributed by atoms with Gasteiger partial charge in [-0.15, -0.1) is 16.7 Å². The van der Waals surface area contributed by atoms with Crippen molar-refractivity contribution < 1.29 is 9.66 Å². The highest BCUT2D eigenvalue weighted by molar-refractivity contribution is 6.17. The van der Waals surface area contributed by atoms with E-state index in [0.29, 0.717) is 18.8 Å². The van der Waals surface area contributed by atoms with Crippen molar-refractivity contribution in [3.8, 4) is 5.75 Å². The third-order valence-electron chi connectivity index (χ3n) is 2.72. The number of benzene rings is 1. The number of alkyl halides is 1. The zero-order valence-electron chi connectivity index (χ0n) is 10.8. The van der Waals surface area contributed by atoms with Gasteiger partial charge in [-0.05, 0) is 11.6 Å². The summed E-state index contributed by atoms with van der Waals surface area (Å²) in [5, 5.41) is 18.9. The molecule has 0 bridgehead atoms. The number of ether oxygens (including phenoxy) is 1. The normalized spacial score (nSPS) is 10.5. The molecule has 1 aromatic heterocycles. The van der Waals surface area contributed by atoms with Crippen molar-refractivity contribution in [2.24, 2.45) is 0 Å². The highest BCUT2D eigenvalue weighted by Gasteiger charge is 2.15.